The summed E-state index contributed by atoms with van der Waals surface area (Å²) in [6, 6.07) is 0. The number of nitrogen functional groups attached to an aromatic ring is 1. The van der Waals surface area contributed by atoms with Gasteiger partial charge in [-0.3, -0.25) is 4.57 Å². The largest absolute Gasteiger partial charge is 0.390 e. The molecule has 1 aliphatic rings. The first-order valence-electron chi connectivity index (χ1n) is 5.73. The molecule has 0 spiro atoms. The Kier molecular flexibility index (Phi) is 3.27. The minimum Gasteiger partial charge on any atom is -0.390 e. The molecule has 0 saturated carbocycles. The SMILES string of the molecule is Nc1ncnc2c1ncn2[C@H]1CC(O)[C@@H](COS)O1. The summed E-state index contributed by atoms with van der Waals surface area (Å²) in [4.78, 5) is 12.2. The van der Waals surface area contributed by atoms with Gasteiger partial charge in [0.15, 0.2) is 11.5 Å². The predicted octanol–water partition coefficient (Wildman–Crippen LogP) is -0.0817. The molecule has 0 radical (unpaired) electrons. The third-order valence-corrected chi connectivity index (χ3v) is 3.29. The quantitative estimate of drug-likeness (QED) is 0.534. The molecule has 0 bridgehead atoms. The summed E-state index contributed by atoms with van der Waals surface area (Å²) in [6.07, 6.45) is 1.99. The van der Waals surface area contributed by atoms with Gasteiger partial charge in [0.1, 0.15) is 24.2 Å². The van der Waals surface area contributed by atoms with Crippen LogP contribution in [0, 0.1) is 0 Å². The first-order chi connectivity index (χ1) is 9.20. The Morgan fingerprint density at radius 3 is 3.16 bits per heavy atom. The van der Waals surface area contributed by atoms with Crippen LogP contribution in [0.3, 0.4) is 0 Å². The maximum absolute atomic E-state index is 9.89. The van der Waals surface area contributed by atoms with Crippen molar-refractivity contribution in [3.05, 3.63) is 12.7 Å². The van der Waals surface area contributed by atoms with Gasteiger partial charge in [0, 0.05) is 6.42 Å². The van der Waals surface area contributed by atoms with Crippen LogP contribution in [0.1, 0.15) is 12.6 Å². The first kappa shape index (κ1) is 12.6. The van der Waals surface area contributed by atoms with Crippen LogP contribution in [0.2, 0.25) is 0 Å². The molecule has 3 rings (SSSR count). The van der Waals surface area contributed by atoms with Crippen LogP contribution in [0.15, 0.2) is 12.7 Å². The van der Waals surface area contributed by atoms with Gasteiger partial charge in [-0.25, -0.2) is 15.0 Å². The Hall–Kier alpha value is -1.42. The summed E-state index contributed by atoms with van der Waals surface area (Å²) in [5, 5.41) is 9.89. The Labute approximate surface area is 114 Å². The lowest BCUT2D eigenvalue weighted by Gasteiger charge is -2.14. The minimum atomic E-state index is -0.617. The molecule has 19 heavy (non-hydrogen) atoms. The monoisotopic (exact) mass is 283 g/mol. The van der Waals surface area contributed by atoms with E-state index in [0.717, 1.165) is 0 Å². The van der Waals surface area contributed by atoms with Gasteiger partial charge in [0.2, 0.25) is 0 Å². The molecule has 3 heterocycles. The van der Waals surface area contributed by atoms with E-state index >= 15 is 0 Å². The van der Waals surface area contributed by atoms with Gasteiger partial charge in [-0.15, -0.1) is 0 Å². The average molecular weight is 283 g/mol. The Bertz CT molecular complexity index is 592. The van der Waals surface area contributed by atoms with Crippen molar-refractivity contribution in [2.45, 2.75) is 24.9 Å². The molecule has 9 heteroatoms. The summed E-state index contributed by atoms with van der Waals surface area (Å²) in [6.45, 7) is 0.213. The number of anilines is 1. The van der Waals surface area contributed by atoms with Crippen molar-refractivity contribution in [2.24, 2.45) is 0 Å². The molecule has 0 aromatic carbocycles. The van der Waals surface area contributed by atoms with Crippen molar-refractivity contribution < 1.29 is 14.0 Å². The van der Waals surface area contributed by atoms with Crippen molar-refractivity contribution in [1.82, 2.24) is 19.5 Å². The van der Waals surface area contributed by atoms with Crippen LogP contribution in [-0.2, 0) is 8.92 Å². The van der Waals surface area contributed by atoms with Gasteiger partial charge in [-0.05, 0) is 12.9 Å². The summed E-state index contributed by atoms with van der Waals surface area (Å²) in [7, 11) is 0. The number of nitrogens with zero attached hydrogens (tertiary/aromatic N) is 4. The zero-order valence-electron chi connectivity index (χ0n) is 9.88. The van der Waals surface area contributed by atoms with E-state index in [1.165, 1.54) is 6.33 Å². The fraction of sp³-hybridized carbons (Fsp3) is 0.500. The first-order valence-corrected chi connectivity index (χ1v) is 6.10. The van der Waals surface area contributed by atoms with E-state index in [2.05, 4.69) is 27.9 Å². The summed E-state index contributed by atoms with van der Waals surface area (Å²) in [5.74, 6) is 0.317. The van der Waals surface area contributed by atoms with Gasteiger partial charge >= 0.3 is 0 Å². The number of aliphatic hydroxyl groups is 1. The number of ether oxygens (including phenoxy) is 1. The molecule has 0 amide bonds. The molecule has 1 fully saturated rings. The predicted molar refractivity (Wildman–Crippen MR) is 69.2 cm³/mol. The van der Waals surface area contributed by atoms with Gasteiger partial charge in [-0.1, -0.05) is 0 Å². The van der Waals surface area contributed by atoms with Crippen LogP contribution in [-0.4, -0.2) is 43.4 Å². The van der Waals surface area contributed by atoms with Gasteiger partial charge < -0.3 is 19.8 Å². The maximum Gasteiger partial charge on any atom is 0.167 e. The number of imidazole rings is 1. The van der Waals surface area contributed by atoms with Gasteiger partial charge in [-0.2, -0.15) is 0 Å². The molecule has 1 aliphatic heterocycles. The Balaban J connectivity index is 1.91. The summed E-state index contributed by atoms with van der Waals surface area (Å²) >= 11 is 3.67. The van der Waals surface area contributed by atoms with Crippen LogP contribution in [0.25, 0.3) is 11.2 Å². The average Bonchev–Trinajstić information content (AvgIpc) is 2.95. The van der Waals surface area contributed by atoms with Crippen molar-refractivity contribution in [3.8, 4) is 0 Å². The second-order valence-corrected chi connectivity index (χ2v) is 4.57. The second kappa shape index (κ2) is 4.93. The van der Waals surface area contributed by atoms with E-state index in [4.69, 9.17) is 14.7 Å². The third-order valence-electron chi connectivity index (χ3n) is 3.14. The van der Waals surface area contributed by atoms with Crippen LogP contribution in [0.4, 0.5) is 5.82 Å². The summed E-state index contributed by atoms with van der Waals surface area (Å²) < 4.78 is 12.1. The maximum atomic E-state index is 9.89. The standard InChI is InChI=1S/C10H13N5O3S/c11-9-8-10(13-3-12-9)15(4-14-8)7-1-5(16)6(18-7)2-17-19/h3-7,16,19H,1-2H2,(H2,11,12,13)/t5?,6-,7-/m1/s1. The number of hydrogen-bond acceptors (Lipinski definition) is 8. The van der Waals surface area contributed by atoms with Crippen LogP contribution < -0.4 is 5.73 Å². The van der Waals surface area contributed by atoms with E-state index < -0.39 is 12.2 Å². The van der Waals surface area contributed by atoms with Crippen molar-refractivity contribution in [1.29, 1.82) is 0 Å². The van der Waals surface area contributed by atoms with Crippen molar-refractivity contribution >= 4 is 29.9 Å². The minimum absolute atomic E-state index is 0.213. The summed E-state index contributed by atoms with van der Waals surface area (Å²) in [5.41, 5.74) is 6.83. The number of fused-ring (bicyclic) bond motifs is 1. The zero-order valence-corrected chi connectivity index (χ0v) is 10.8. The number of nitrogens with two attached hydrogens (primary N) is 1. The molecule has 2 aromatic heterocycles. The third kappa shape index (κ3) is 2.14. The molecular weight excluding hydrogens is 270 g/mol. The number of aromatic nitrogens is 4. The van der Waals surface area contributed by atoms with E-state index in [1.54, 1.807) is 10.9 Å². The number of thiol groups is 1. The molecule has 3 N–H and O–H groups in total. The molecule has 1 saturated heterocycles. The number of hydrogen-bond donors (Lipinski definition) is 3. The van der Waals surface area contributed by atoms with E-state index in [-0.39, 0.29) is 12.8 Å². The van der Waals surface area contributed by atoms with E-state index in [0.29, 0.717) is 23.4 Å². The van der Waals surface area contributed by atoms with Crippen molar-refractivity contribution in [3.63, 3.8) is 0 Å². The highest BCUT2D eigenvalue weighted by atomic mass is 32.1. The molecular formula is C10H13N5O3S. The highest BCUT2D eigenvalue weighted by Gasteiger charge is 2.35. The van der Waals surface area contributed by atoms with Crippen molar-refractivity contribution in [2.75, 3.05) is 12.3 Å². The lowest BCUT2D eigenvalue weighted by Crippen LogP contribution is -2.24. The number of rotatable bonds is 3. The zero-order chi connectivity index (χ0) is 13.4. The topological polar surface area (TPSA) is 108 Å². The fourth-order valence-electron chi connectivity index (χ4n) is 2.19. The Morgan fingerprint density at radius 1 is 1.53 bits per heavy atom. The molecule has 3 atom stereocenters. The molecule has 102 valence electrons. The molecule has 0 aliphatic carbocycles. The van der Waals surface area contributed by atoms with E-state index in [9.17, 15) is 5.11 Å². The van der Waals surface area contributed by atoms with Gasteiger partial charge in [0.25, 0.3) is 0 Å². The number of aliphatic hydroxyl groups excluding tert-OH is 1. The van der Waals surface area contributed by atoms with E-state index in [1.807, 2.05) is 0 Å². The van der Waals surface area contributed by atoms with Crippen LogP contribution in [0.5, 0.6) is 0 Å². The normalized spacial score (nSPS) is 27.2. The highest BCUT2D eigenvalue weighted by molar-refractivity contribution is 7.75. The lowest BCUT2D eigenvalue weighted by atomic mass is 10.2. The molecule has 8 nitrogen and oxygen atoms in total. The molecule has 2 aromatic rings. The second-order valence-electron chi connectivity index (χ2n) is 4.31. The fourth-order valence-corrected chi connectivity index (χ4v) is 2.34. The molecule has 1 unspecified atom stereocenters. The lowest BCUT2D eigenvalue weighted by molar-refractivity contribution is -0.0346. The Morgan fingerprint density at radius 2 is 2.37 bits per heavy atom. The highest BCUT2D eigenvalue weighted by Crippen LogP contribution is 2.31. The smallest absolute Gasteiger partial charge is 0.167 e. The van der Waals surface area contributed by atoms with Gasteiger partial charge in [0.05, 0.1) is 19.0 Å². The van der Waals surface area contributed by atoms with Crippen LogP contribution >= 0.6 is 12.9 Å².